The van der Waals surface area contributed by atoms with E-state index in [2.05, 4.69) is 4.74 Å². The Labute approximate surface area is 96.1 Å². The van der Waals surface area contributed by atoms with E-state index in [4.69, 9.17) is 0 Å². The standard InChI is InChI=1S/C10H13F3O4/c1-3-17-9(16)7(5-4-6(2)14)8(15)10(11,12)13/h7H,3-5H2,1-2H3. The summed E-state index contributed by atoms with van der Waals surface area (Å²) in [5.74, 6) is -5.75. The minimum atomic E-state index is -5.10. The summed E-state index contributed by atoms with van der Waals surface area (Å²) >= 11 is 0. The van der Waals surface area contributed by atoms with E-state index in [0.717, 1.165) is 0 Å². The summed E-state index contributed by atoms with van der Waals surface area (Å²) in [6.07, 6.45) is -5.86. The lowest BCUT2D eigenvalue weighted by molar-refractivity contribution is -0.181. The normalized spacial score (nSPS) is 13.0. The van der Waals surface area contributed by atoms with Crippen LogP contribution in [0.15, 0.2) is 0 Å². The number of ether oxygens (including phenoxy) is 1. The quantitative estimate of drug-likeness (QED) is 0.534. The van der Waals surface area contributed by atoms with Gasteiger partial charge in [-0.15, -0.1) is 0 Å². The molecule has 0 saturated heterocycles. The van der Waals surface area contributed by atoms with E-state index in [1.54, 1.807) is 0 Å². The van der Waals surface area contributed by atoms with Crippen LogP contribution in [0.4, 0.5) is 13.2 Å². The van der Waals surface area contributed by atoms with Crippen molar-refractivity contribution < 1.29 is 32.3 Å². The third-order valence-corrected chi connectivity index (χ3v) is 1.95. The predicted octanol–water partition coefficient (Wildman–Crippen LogP) is 1.67. The first-order valence-corrected chi connectivity index (χ1v) is 4.97. The van der Waals surface area contributed by atoms with Gasteiger partial charge in [-0.3, -0.25) is 9.59 Å². The molecule has 0 aliphatic carbocycles. The van der Waals surface area contributed by atoms with Gasteiger partial charge in [0.1, 0.15) is 11.7 Å². The average Bonchev–Trinajstić information content (AvgIpc) is 2.16. The van der Waals surface area contributed by atoms with Gasteiger partial charge in [0.05, 0.1) is 6.61 Å². The SMILES string of the molecule is CCOC(=O)C(CCC(C)=O)C(=O)C(F)(F)F. The molecule has 0 aromatic heterocycles. The summed E-state index contributed by atoms with van der Waals surface area (Å²) in [7, 11) is 0. The van der Waals surface area contributed by atoms with Crippen LogP contribution in [0.2, 0.25) is 0 Å². The maximum absolute atomic E-state index is 12.2. The Morgan fingerprint density at radius 2 is 1.76 bits per heavy atom. The molecule has 0 aliphatic heterocycles. The predicted molar refractivity (Wildman–Crippen MR) is 51.1 cm³/mol. The number of Topliss-reactive ketones (excluding diaryl/α,β-unsaturated/α-hetero) is 2. The highest BCUT2D eigenvalue weighted by Gasteiger charge is 2.46. The summed E-state index contributed by atoms with van der Waals surface area (Å²) in [4.78, 5) is 32.8. The van der Waals surface area contributed by atoms with Gasteiger partial charge in [-0.05, 0) is 20.3 Å². The molecule has 0 fully saturated rings. The van der Waals surface area contributed by atoms with E-state index in [-0.39, 0.29) is 13.0 Å². The van der Waals surface area contributed by atoms with E-state index in [0.29, 0.717) is 0 Å². The molecule has 0 heterocycles. The molecule has 0 N–H and O–H groups in total. The summed E-state index contributed by atoms with van der Waals surface area (Å²) in [5.41, 5.74) is 0. The van der Waals surface area contributed by atoms with Crippen LogP contribution in [0.3, 0.4) is 0 Å². The van der Waals surface area contributed by atoms with Gasteiger partial charge in [-0.25, -0.2) is 0 Å². The largest absolute Gasteiger partial charge is 0.465 e. The molecule has 4 nitrogen and oxygen atoms in total. The third kappa shape index (κ3) is 5.46. The zero-order valence-electron chi connectivity index (χ0n) is 9.47. The monoisotopic (exact) mass is 254 g/mol. The zero-order chi connectivity index (χ0) is 13.6. The minimum absolute atomic E-state index is 0.124. The fourth-order valence-electron chi connectivity index (χ4n) is 1.14. The Hall–Kier alpha value is -1.40. The molecule has 1 unspecified atom stereocenters. The number of hydrogen-bond donors (Lipinski definition) is 0. The van der Waals surface area contributed by atoms with Crippen molar-refractivity contribution in [2.75, 3.05) is 6.61 Å². The van der Waals surface area contributed by atoms with Crippen LogP contribution >= 0.6 is 0 Å². The molecule has 0 amide bonds. The first-order valence-electron chi connectivity index (χ1n) is 4.97. The van der Waals surface area contributed by atoms with Crippen molar-refractivity contribution in [2.24, 2.45) is 5.92 Å². The number of rotatable bonds is 6. The first kappa shape index (κ1) is 15.6. The number of alkyl halides is 3. The molecule has 0 bridgehead atoms. The zero-order valence-corrected chi connectivity index (χ0v) is 9.47. The van der Waals surface area contributed by atoms with Crippen molar-refractivity contribution in [3.05, 3.63) is 0 Å². The highest BCUT2D eigenvalue weighted by molar-refractivity contribution is 6.02. The van der Waals surface area contributed by atoms with E-state index in [9.17, 15) is 27.6 Å². The van der Waals surface area contributed by atoms with Crippen molar-refractivity contribution in [2.45, 2.75) is 32.9 Å². The van der Waals surface area contributed by atoms with Crippen LogP contribution in [-0.4, -0.2) is 30.3 Å². The van der Waals surface area contributed by atoms with Crippen LogP contribution in [0.5, 0.6) is 0 Å². The fourth-order valence-corrected chi connectivity index (χ4v) is 1.14. The van der Waals surface area contributed by atoms with Crippen molar-refractivity contribution in [1.29, 1.82) is 0 Å². The molecule has 0 saturated carbocycles. The third-order valence-electron chi connectivity index (χ3n) is 1.95. The lowest BCUT2D eigenvalue weighted by atomic mass is 9.97. The van der Waals surface area contributed by atoms with Gasteiger partial charge in [-0.2, -0.15) is 13.2 Å². The lowest BCUT2D eigenvalue weighted by Gasteiger charge is -2.15. The summed E-state index contributed by atoms with van der Waals surface area (Å²) in [6.45, 7) is 2.46. The Morgan fingerprint density at radius 3 is 2.12 bits per heavy atom. The van der Waals surface area contributed by atoms with Gasteiger partial charge in [0, 0.05) is 6.42 Å². The number of hydrogen-bond acceptors (Lipinski definition) is 4. The summed E-state index contributed by atoms with van der Waals surface area (Å²) in [6, 6.07) is 0. The van der Waals surface area contributed by atoms with Crippen molar-refractivity contribution >= 4 is 17.5 Å². The van der Waals surface area contributed by atoms with E-state index < -0.39 is 36.1 Å². The van der Waals surface area contributed by atoms with Gasteiger partial charge < -0.3 is 9.53 Å². The van der Waals surface area contributed by atoms with Crippen LogP contribution in [0.25, 0.3) is 0 Å². The number of halogens is 3. The second-order valence-electron chi connectivity index (χ2n) is 3.41. The molecule has 0 radical (unpaired) electrons. The second kappa shape index (κ2) is 6.36. The molecule has 0 spiro atoms. The van der Waals surface area contributed by atoms with Crippen molar-refractivity contribution in [3.8, 4) is 0 Å². The van der Waals surface area contributed by atoms with Gasteiger partial charge in [0.25, 0.3) is 0 Å². The van der Waals surface area contributed by atoms with Crippen LogP contribution in [-0.2, 0) is 19.1 Å². The lowest BCUT2D eigenvalue weighted by Crippen LogP contribution is -2.36. The molecule has 0 aromatic rings. The fraction of sp³-hybridized carbons (Fsp3) is 0.700. The van der Waals surface area contributed by atoms with Crippen LogP contribution in [0.1, 0.15) is 26.7 Å². The molecule has 0 aromatic carbocycles. The molecule has 98 valence electrons. The average molecular weight is 254 g/mol. The van der Waals surface area contributed by atoms with E-state index in [1.165, 1.54) is 13.8 Å². The topological polar surface area (TPSA) is 60.4 Å². The molecule has 0 rings (SSSR count). The number of carbonyl (C=O) groups excluding carboxylic acids is 3. The Morgan fingerprint density at radius 1 is 1.24 bits per heavy atom. The smallest absolute Gasteiger partial charge is 0.450 e. The van der Waals surface area contributed by atoms with Crippen LogP contribution < -0.4 is 0 Å². The molecule has 17 heavy (non-hydrogen) atoms. The number of esters is 1. The van der Waals surface area contributed by atoms with Gasteiger partial charge in [0.15, 0.2) is 0 Å². The second-order valence-corrected chi connectivity index (χ2v) is 3.41. The first-order chi connectivity index (χ1) is 7.70. The molecular weight excluding hydrogens is 241 g/mol. The number of ketones is 2. The Kier molecular flexibility index (Phi) is 5.84. The van der Waals surface area contributed by atoms with E-state index >= 15 is 0 Å². The Balaban J connectivity index is 4.78. The highest BCUT2D eigenvalue weighted by atomic mass is 19.4. The maximum Gasteiger partial charge on any atom is 0.450 e. The molecular formula is C10H13F3O4. The summed E-state index contributed by atoms with van der Waals surface area (Å²) in [5, 5.41) is 0. The highest BCUT2D eigenvalue weighted by Crippen LogP contribution is 2.24. The molecule has 7 heteroatoms. The summed E-state index contributed by atoms with van der Waals surface area (Å²) < 4.78 is 40.9. The number of carbonyl (C=O) groups is 3. The van der Waals surface area contributed by atoms with Crippen LogP contribution in [0, 0.1) is 5.92 Å². The maximum atomic E-state index is 12.2. The minimum Gasteiger partial charge on any atom is -0.465 e. The molecule has 1 atom stereocenters. The van der Waals surface area contributed by atoms with Gasteiger partial charge >= 0.3 is 12.1 Å². The van der Waals surface area contributed by atoms with E-state index in [1.807, 2.05) is 0 Å². The molecule has 0 aliphatic rings. The van der Waals surface area contributed by atoms with Crippen molar-refractivity contribution in [1.82, 2.24) is 0 Å². The van der Waals surface area contributed by atoms with Gasteiger partial charge in [0.2, 0.25) is 5.78 Å². The Bertz CT molecular complexity index is 309. The van der Waals surface area contributed by atoms with Gasteiger partial charge in [-0.1, -0.05) is 0 Å². The van der Waals surface area contributed by atoms with Crippen molar-refractivity contribution in [3.63, 3.8) is 0 Å².